The van der Waals surface area contributed by atoms with E-state index in [4.69, 9.17) is 14.2 Å². The van der Waals surface area contributed by atoms with E-state index in [0.717, 1.165) is 6.20 Å². The molecule has 8 nitrogen and oxygen atoms in total. The van der Waals surface area contributed by atoms with Crippen molar-refractivity contribution >= 4 is 23.6 Å². The molecule has 1 aromatic heterocycles. The van der Waals surface area contributed by atoms with Gasteiger partial charge in [0.25, 0.3) is 5.79 Å². The number of aromatic nitrogens is 1. The number of carbonyl (C=O) groups is 3. The molecule has 1 aliphatic heterocycles. The van der Waals surface area contributed by atoms with E-state index in [2.05, 4.69) is 10.3 Å². The first-order chi connectivity index (χ1) is 11.8. The van der Waals surface area contributed by atoms with E-state index in [1.54, 1.807) is 19.1 Å². The first-order valence-electron chi connectivity index (χ1n) is 7.87. The molecule has 0 saturated carbocycles. The Morgan fingerprint density at radius 1 is 1.24 bits per heavy atom. The van der Waals surface area contributed by atoms with E-state index in [-0.39, 0.29) is 17.9 Å². The van der Waals surface area contributed by atoms with E-state index in [9.17, 15) is 14.4 Å². The zero-order valence-corrected chi connectivity index (χ0v) is 14.5. The molecule has 1 aromatic rings. The maximum absolute atomic E-state index is 12.1. The third-order valence-corrected chi connectivity index (χ3v) is 3.27. The maximum atomic E-state index is 12.1. The van der Waals surface area contributed by atoms with Gasteiger partial charge in [-0.1, -0.05) is 6.92 Å². The van der Waals surface area contributed by atoms with Gasteiger partial charge in [0.05, 0.1) is 12.3 Å². The summed E-state index contributed by atoms with van der Waals surface area (Å²) in [5.74, 6) is -3.55. The molecule has 0 aromatic carbocycles. The lowest BCUT2D eigenvalue weighted by molar-refractivity contribution is -0.222. The molecule has 134 valence electrons. The van der Waals surface area contributed by atoms with Crippen LogP contribution in [0, 0.1) is 0 Å². The minimum atomic E-state index is -1.31. The number of carbonyl (C=O) groups excluding carboxylic acids is 3. The smallest absolute Gasteiger partial charge is 0.359 e. The summed E-state index contributed by atoms with van der Waals surface area (Å²) in [5.41, 5.74) is 0.762. The highest BCUT2D eigenvalue weighted by atomic mass is 16.7. The van der Waals surface area contributed by atoms with Gasteiger partial charge in [0.1, 0.15) is 0 Å². The predicted molar refractivity (Wildman–Crippen MR) is 87.5 cm³/mol. The van der Waals surface area contributed by atoms with Gasteiger partial charge < -0.3 is 19.5 Å². The Balaban J connectivity index is 2.29. The van der Waals surface area contributed by atoms with Crippen molar-refractivity contribution in [3.63, 3.8) is 0 Å². The third-order valence-electron chi connectivity index (χ3n) is 3.27. The fraction of sp³-hybridized carbons (Fsp3) is 0.412. The standard InChI is InChI=1S/C17H20N2O6/c1-5-10-7-8-12(13(19-10)16(22)23-6-2)18-9-11-14(20)24-17(3,4)25-15(11)21/h7-9,18H,5-6H2,1-4H3. The summed E-state index contributed by atoms with van der Waals surface area (Å²) < 4.78 is 15.0. The molecule has 1 aliphatic rings. The van der Waals surface area contributed by atoms with Gasteiger partial charge >= 0.3 is 17.9 Å². The minimum Gasteiger partial charge on any atom is -0.461 e. The Labute approximate surface area is 145 Å². The van der Waals surface area contributed by atoms with Gasteiger partial charge in [-0.15, -0.1) is 0 Å². The highest BCUT2D eigenvalue weighted by molar-refractivity contribution is 6.15. The Morgan fingerprint density at radius 3 is 2.44 bits per heavy atom. The van der Waals surface area contributed by atoms with Gasteiger partial charge in [-0.05, 0) is 25.5 Å². The van der Waals surface area contributed by atoms with Crippen molar-refractivity contribution < 1.29 is 28.6 Å². The van der Waals surface area contributed by atoms with Crippen molar-refractivity contribution in [1.82, 2.24) is 4.98 Å². The first kappa shape index (κ1) is 18.4. The van der Waals surface area contributed by atoms with Crippen LogP contribution >= 0.6 is 0 Å². The number of ether oxygens (including phenoxy) is 3. The molecule has 1 N–H and O–H groups in total. The molecule has 8 heteroatoms. The van der Waals surface area contributed by atoms with Crippen LogP contribution < -0.4 is 5.32 Å². The van der Waals surface area contributed by atoms with Gasteiger partial charge in [0.2, 0.25) is 0 Å². The van der Waals surface area contributed by atoms with Crippen LogP contribution in [0.25, 0.3) is 0 Å². The summed E-state index contributed by atoms with van der Waals surface area (Å²) >= 11 is 0. The Bertz CT molecular complexity index is 717. The SMILES string of the molecule is CCOC(=O)c1nc(CC)ccc1NC=C1C(=O)OC(C)(C)OC1=O. The number of anilines is 1. The molecule has 2 heterocycles. The predicted octanol–water partition coefficient (Wildman–Crippen LogP) is 1.95. The molecule has 25 heavy (non-hydrogen) atoms. The van der Waals surface area contributed by atoms with Crippen LogP contribution in [0.5, 0.6) is 0 Å². The molecular weight excluding hydrogens is 328 g/mol. The highest BCUT2D eigenvalue weighted by Crippen LogP contribution is 2.23. The van der Waals surface area contributed by atoms with Gasteiger partial charge in [0, 0.05) is 25.7 Å². The van der Waals surface area contributed by atoms with E-state index in [1.165, 1.54) is 13.8 Å². The second kappa shape index (κ2) is 7.33. The quantitative estimate of drug-likeness (QED) is 0.489. The van der Waals surface area contributed by atoms with Crippen LogP contribution in [0.4, 0.5) is 5.69 Å². The van der Waals surface area contributed by atoms with Crippen LogP contribution in [0.3, 0.4) is 0 Å². The fourth-order valence-corrected chi connectivity index (χ4v) is 2.10. The van der Waals surface area contributed by atoms with Crippen molar-refractivity contribution in [3.05, 3.63) is 35.3 Å². The molecule has 0 amide bonds. The molecule has 0 unspecified atom stereocenters. The summed E-state index contributed by atoms with van der Waals surface area (Å²) in [5, 5.41) is 2.73. The second-order valence-corrected chi connectivity index (χ2v) is 5.65. The summed E-state index contributed by atoms with van der Waals surface area (Å²) in [4.78, 5) is 40.2. The normalized spacial score (nSPS) is 15.9. The van der Waals surface area contributed by atoms with Crippen LogP contribution in [-0.4, -0.2) is 35.3 Å². The van der Waals surface area contributed by atoms with Crippen LogP contribution in [0.1, 0.15) is 43.9 Å². The summed E-state index contributed by atoms with van der Waals surface area (Å²) in [6.07, 6.45) is 1.77. The number of nitrogens with one attached hydrogen (secondary N) is 1. The minimum absolute atomic E-state index is 0.0657. The summed E-state index contributed by atoms with van der Waals surface area (Å²) in [6, 6.07) is 3.35. The van der Waals surface area contributed by atoms with E-state index in [0.29, 0.717) is 17.8 Å². The number of hydrogen-bond donors (Lipinski definition) is 1. The Hall–Kier alpha value is -2.90. The summed E-state index contributed by atoms with van der Waals surface area (Å²) in [7, 11) is 0. The van der Waals surface area contributed by atoms with E-state index in [1.807, 2.05) is 6.92 Å². The number of hydrogen-bond acceptors (Lipinski definition) is 8. The van der Waals surface area contributed by atoms with Crippen LogP contribution in [-0.2, 0) is 30.2 Å². The first-order valence-corrected chi connectivity index (χ1v) is 7.87. The topological polar surface area (TPSA) is 104 Å². The van der Waals surface area contributed by atoms with Crippen molar-refractivity contribution in [3.8, 4) is 0 Å². The molecule has 1 saturated heterocycles. The average Bonchev–Trinajstić information content (AvgIpc) is 2.53. The lowest BCUT2D eigenvalue weighted by Crippen LogP contribution is -2.42. The van der Waals surface area contributed by atoms with Gasteiger partial charge in [-0.2, -0.15) is 0 Å². The number of esters is 3. The van der Waals surface area contributed by atoms with Crippen molar-refractivity contribution in [2.24, 2.45) is 0 Å². The van der Waals surface area contributed by atoms with Gasteiger partial charge in [0.15, 0.2) is 11.3 Å². The molecule has 2 rings (SSSR count). The van der Waals surface area contributed by atoms with Crippen molar-refractivity contribution in [2.75, 3.05) is 11.9 Å². The number of rotatable bonds is 5. The molecule has 0 spiro atoms. The monoisotopic (exact) mass is 348 g/mol. The molecule has 0 aliphatic carbocycles. The van der Waals surface area contributed by atoms with Crippen molar-refractivity contribution in [1.29, 1.82) is 0 Å². The maximum Gasteiger partial charge on any atom is 0.359 e. The largest absolute Gasteiger partial charge is 0.461 e. The van der Waals surface area contributed by atoms with E-state index < -0.39 is 23.7 Å². The summed E-state index contributed by atoms with van der Waals surface area (Å²) in [6.45, 7) is 6.71. The molecular formula is C17H20N2O6. The second-order valence-electron chi connectivity index (χ2n) is 5.65. The highest BCUT2D eigenvalue weighted by Gasteiger charge is 2.39. The van der Waals surface area contributed by atoms with Crippen molar-refractivity contribution in [2.45, 2.75) is 39.9 Å². The number of cyclic esters (lactones) is 2. The molecule has 0 radical (unpaired) electrons. The Kier molecular flexibility index (Phi) is 5.41. The lowest BCUT2D eigenvalue weighted by atomic mass is 10.2. The number of aryl methyl sites for hydroxylation is 1. The van der Waals surface area contributed by atoms with E-state index >= 15 is 0 Å². The van der Waals surface area contributed by atoms with Crippen LogP contribution in [0.15, 0.2) is 23.9 Å². The van der Waals surface area contributed by atoms with Crippen LogP contribution in [0.2, 0.25) is 0 Å². The third kappa shape index (κ3) is 4.34. The molecule has 1 fully saturated rings. The zero-order valence-electron chi connectivity index (χ0n) is 14.5. The molecule has 0 bridgehead atoms. The van der Waals surface area contributed by atoms with Gasteiger partial charge in [-0.3, -0.25) is 0 Å². The van der Waals surface area contributed by atoms with Gasteiger partial charge in [-0.25, -0.2) is 19.4 Å². The number of pyridine rings is 1. The average molecular weight is 348 g/mol. The lowest BCUT2D eigenvalue weighted by Gasteiger charge is -2.29. The molecule has 0 atom stereocenters. The zero-order chi connectivity index (χ0) is 18.6. The fourth-order valence-electron chi connectivity index (χ4n) is 2.10. The Morgan fingerprint density at radius 2 is 1.88 bits per heavy atom. The number of nitrogens with zero attached hydrogens (tertiary/aromatic N) is 1.